The molecule has 7 atom stereocenters. The molecule has 3 heterocycles. The average Bonchev–Trinajstić information content (AvgIpc) is 3.75. The molecule has 2 aliphatic heterocycles. The molecule has 7 rings (SSSR count). The van der Waals surface area contributed by atoms with Crippen molar-refractivity contribution < 1.29 is 68.5 Å². The van der Waals surface area contributed by atoms with Gasteiger partial charge in [0.1, 0.15) is 55.0 Å². The Morgan fingerprint density at radius 2 is 1.75 bits per heavy atom. The largest absolute Gasteiger partial charge is 0.507 e. The number of aliphatic hydroxyl groups excluding tert-OH is 3. The monoisotopic (exact) mass is 836 g/mol. The first-order valence-electron chi connectivity index (χ1n) is 18.9. The van der Waals surface area contributed by atoms with Gasteiger partial charge in [-0.2, -0.15) is 0 Å². The summed E-state index contributed by atoms with van der Waals surface area (Å²) < 4.78 is 15.3. The molecule has 0 spiro atoms. The smallest absolute Gasteiger partial charge is 0.407 e. The van der Waals surface area contributed by atoms with Crippen LogP contribution in [0.1, 0.15) is 74.2 Å². The van der Waals surface area contributed by atoms with Gasteiger partial charge in [-0.05, 0) is 44.2 Å². The topological polar surface area (TPSA) is 271 Å². The maximum atomic E-state index is 13.1. The van der Waals surface area contributed by atoms with Crippen LogP contribution in [-0.2, 0) is 43.3 Å². The highest BCUT2D eigenvalue weighted by Crippen LogP contribution is 2.47. The second-order valence-electron chi connectivity index (χ2n) is 14.4. The third kappa shape index (κ3) is 9.06. The Balaban J connectivity index is 0.000000199. The number of alkyl carbamates (subject to hydrolysis) is 1. The highest BCUT2D eigenvalue weighted by molar-refractivity contribution is 7.17. The maximum Gasteiger partial charge on any atom is 0.407 e. The molecule has 0 saturated carbocycles. The van der Waals surface area contributed by atoms with Gasteiger partial charge in [-0.15, -0.1) is 9.24 Å². The van der Waals surface area contributed by atoms with E-state index in [1.54, 1.807) is 36.7 Å². The number of Topliss-reactive ketones (excluding diaryl/α,β-unsaturated/α-hetero) is 1. The Morgan fingerprint density at radius 3 is 2.46 bits per heavy atom. The Hall–Kier alpha value is -5.52. The van der Waals surface area contributed by atoms with Crippen LogP contribution in [0.5, 0.6) is 17.2 Å². The quantitative estimate of drug-likeness (QED) is 0.0900. The minimum atomic E-state index is -1.10. The lowest BCUT2D eigenvalue weighted by Crippen LogP contribution is -2.57. The van der Waals surface area contributed by atoms with Gasteiger partial charge >= 0.3 is 6.09 Å². The van der Waals surface area contributed by atoms with Crippen molar-refractivity contribution in [2.45, 2.75) is 75.5 Å². The first-order chi connectivity index (χ1) is 28.2. The molecule has 19 heteroatoms. The van der Waals surface area contributed by atoms with Crippen LogP contribution in [0.25, 0.3) is 0 Å². The predicted molar refractivity (Wildman–Crippen MR) is 208 cm³/mol. The summed E-state index contributed by atoms with van der Waals surface area (Å²) >= 11 is 0. The number of pyridine rings is 1. The minimum Gasteiger partial charge on any atom is -0.507 e. The molecule has 1 aromatic heterocycles. The van der Waals surface area contributed by atoms with Gasteiger partial charge in [0.15, 0.2) is 17.9 Å². The number of hydrogen-bond acceptors (Lipinski definition) is 15. The fourth-order valence-corrected chi connectivity index (χ4v) is 8.26. The zero-order valence-corrected chi connectivity index (χ0v) is 33.1. The van der Waals surface area contributed by atoms with Gasteiger partial charge in [0.2, 0.25) is 17.6 Å². The lowest BCUT2D eigenvalue weighted by atomic mass is 9.75. The number of aliphatic hydroxyl groups is 3. The van der Waals surface area contributed by atoms with Crippen molar-refractivity contribution in [3.63, 3.8) is 0 Å². The van der Waals surface area contributed by atoms with E-state index in [1.165, 1.54) is 18.1 Å². The molecule has 2 fully saturated rings. The second kappa shape index (κ2) is 18.6. The van der Waals surface area contributed by atoms with E-state index < -0.39 is 72.3 Å². The van der Waals surface area contributed by atoms with Gasteiger partial charge in [0, 0.05) is 53.5 Å². The number of phenolic OH excluding ortho intramolecular Hbond substituents is 2. The summed E-state index contributed by atoms with van der Waals surface area (Å²) in [5.74, 6) is -4.10. The molecule has 2 saturated heterocycles. The highest BCUT2D eigenvalue weighted by atomic mass is 31.0. The molecule has 2 aromatic carbocycles. The molecule has 314 valence electrons. The number of hydrogen-bond donors (Lipinski definition) is 7. The fraction of sp³-hybridized carbons (Fsp3) is 0.425. The predicted octanol–water partition coefficient (Wildman–Crippen LogP) is 0.633. The number of ether oxygens (including phenoxy) is 3. The van der Waals surface area contributed by atoms with Crippen LogP contribution in [0.15, 0.2) is 42.7 Å². The van der Waals surface area contributed by atoms with E-state index in [0.29, 0.717) is 36.9 Å². The van der Waals surface area contributed by atoms with Crippen LogP contribution in [0.4, 0.5) is 4.79 Å². The number of nitrogens with zero attached hydrogens (tertiary/aromatic N) is 2. The van der Waals surface area contributed by atoms with E-state index in [4.69, 9.17) is 19.3 Å². The molecule has 59 heavy (non-hydrogen) atoms. The van der Waals surface area contributed by atoms with E-state index >= 15 is 0 Å². The van der Waals surface area contributed by atoms with Crippen molar-refractivity contribution in [3.8, 4) is 17.2 Å². The molecule has 2 aliphatic carbocycles. The van der Waals surface area contributed by atoms with Crippen LogP contribution in [0.2, 0.25) is 0 Å². The maximum absolute atomic E-state index is 13.1. The highest BCUT2D eigenvalue weighted by Gasteiger charge is 2.42. The molecule has 3 amide bonds. The van der Waals surface area contributed by atoms with Gasteiger partial charge < -0.3 is 55.3 Å². The summed E-state index contributed by atoms with van der Waals surface area (Å²) in [6.45, 7) is -0.503. The standard InChI is InChI=1S/C21H18O7.C19H27N4O7P/c1-28-14-4-2-3-11-15(14)21(27)17-16(19(11)25)20(26)12-7-9(13(23)8-22)5-6-10(12)18(17)24;24-14(9-21-19(28)29-10-11-3-1-5-20-8-11)23-6-2-4-13(23)17(27)22-12-7-15(25)30-18(31)16(12)26/h2-4,9,22,24,26H,5-8H2,1H3;1,3,5,8,12-13,15-16,18,25-26H,2,4,6-7,9-10,31H2,(H,21,28)(H,22,27). The summed E-state index contributed by atoms with van der Waals surface area (Å²) in [5, 5.41) is 55.7. The van der Waals surface area contributed by atoms with Crippen molar-refractivity contribution in [1.29, 1.82) is 0 Å². The summed E-state index contributed by atoms with van der Waals surface area (Å²) in [7, 11) is 3.65. The van der Waals surface area contributed by atoms with Crippen LogP contribution in [0, 0.1) is 5.92 Å². The average molecular weight is 837 g/mol. The summed E-state index contributed by atoms with van der Waals surface area (Å²) in [6.07, 6.45) is 2.20. The van der Waals surface area contributed by atoms with Gasteiger partial charge in [0.25, 0.3) is 0 Å². The Labute approximate surface area is 340 Å². The number of ketones is 3. The molecule has 7 unspecified atom stereocenters. The number of phenols is 2. The van der Waals surface area contributed by atoms with Crippen LogP contribution in [-0.4, -0.2) is 128 Å². The number of aromatic nitrogens is 1. The molecule has 0 radical (unpaired) electrons. The molecule has 7 N–H and O–H groups in total. The number of amides is 3. The zero-order chi connectivity index (χ0) is 42.5. The number of methoxy groups -OCH3 is 1. The van der Waals surface area contributed by atoms with Gasteiger partial charge in [-0.3, -0.25) is 29.0 Å². The molecule has 18 nitrogen and oxygen atoms in total. The number of nitrogens with one attached hydrogen (secondary N) is 2. The Morgan fingerprint density at radius 1 is 1.00 bits per heavy atom. The molecule has 4 aliphatic rings. The molecule has 3 aromatic rings. The number of aromatic hydroxyl groups is 2. The van der Waals surface area contributed by atoms with E-state index in [9.17, 15) is 49.2 Å². The number of carbonyl (C=O) groups is 6. The van der Waals surface area contributed by atoms with E-state index in [1.807, 2.05) is 0 Å². The van der Waals surface area contributed by atoms with Crippen LogP contribution in [0.3, 0.4) is 0 Å². The first-order valence-corrected chi connectivity index (χ1v) is 19.6. The van der Waals surface area contributed by atoms with E-state index in [2.05, 4.69) is 24.9 Å². The van der Waals surface area contributed by atoms with Crippen molar-refractivity contribution in [1.82, 2.24) is 20.5 Å². The number of carbonyl (C=O) groups excluding carboxylic acids is 6. The normalized spacial score (nSPS) is 23.1. The number of likely N-dealkylation sites (tertiary alicyclic amines) is 1. The van der Waals surface area contributed by atoms with E-state index in [0.717, 1.165) is 0 Å². The summed E-state index contributed by atoms with van der Waals surface area (Å²) in [6, 6.07) is 6.65. The summed E-state index contributed by atoms with van der Waals surface area (Å²) in [4.78, 5) is 80.5. The summed E-state index contributed by atoms with van der Waals surface area (Å²) in [5.41, 5.74) is 1.02. The van der Waals surface area contributed by atoms with Crippen LogP contribution < -0.4 is 15.4 Å². The molecular weight excluding hydrogens is 791 g/mol. The number of rotatable bonds is 9. The van der Waals surface area contributed by atoms with Crippen molar-refractivity contribution >= 4 is 44.5 Å². The van der Waals surface area contributed by atoms with Gasteiger partial charge in [-0.25, -0.2) is 4.79 Å². The van der Waals surface area contributed by atoms with Crippen molar-refractivity contribution in [3.05, 3.63) is 81.7 Å². The Bertz CT molecular complexity index is 2130. The lowest BCUT2D eigenvalue weighted by Gasteiger charge is -2.37. The lowest BCUT2D eigenvalue weighted by molar-refractivity contribution is -0.181. The SMILES string of the molecule is COc1cccc2c1C(=O)c1c(O)c3c(c(O)c1C2=O)CC(C(=O)CO)CC3.O=C(NCC(=O)N1CCCC1C(=O)NC1CC(O)OC(P)C1O)OCc1cccnc1. The third-order valence-corrected chi connectivity index (χ3v) is 11.4. The number of benzene rings is 2. The van der Waals surface area contributed by atoms with Crippen LogP contribution >= 0.6 is 9.24 Å². The third-order valence-electron chi connectivity index (χ3n) is 10.8. The first kappa shape index (κ1) is 43.1. The molecular formula is C40H45N4O14P. The Kier molecular flexibility index (Phi) is 13.6. The second-order valence-corrected chi connectivity index (χ2v) is 15.1. The van der Waals surface area contributed by atoms with Gasteiger partial charge in [0.05, 0.1) is 29.8 Å². The molecule has 0 bridgehead atoms. The van der Waals surface area contributed by atoms with Crippen molar-refractivity contribution in [2.24, 2.45) is 5.92 Å². The van der Waals surface area contributed by atoms with Crippen molar-refractivity contribution in [2.75, 3.05) is 26.8 Å². The fourth-order valence-electron chi connectivity index (χ4n) is 7.81. The minimum absolute atomic E-state index is 0.0264. The number of fused-ring (bicyclic) bond motifs is 3. The van der Waals surface area contributed by atoms with Gasteiger partial charge in [-0.1, -0.05) is 18.2 Å². The van der Waals surface area contributed by atoms with E-state index in [-0.39, 0.29) is 83.3 Å². The zero-order valence-electron chi connectivity index (χ0n) is 32.0.